The molecular formula is C15H30O6. The van der Waals surface area contributed by atoms with E-state index in [1.54, 1.807) is 41.5 Å². The maximum atomic E-state index is 11.5. The zero-order chi connectivity index (χ0) is 16.9. The number of hydrogen-bond donors (Lipinski definition) is 1. The van der Waals surface area contributed by atoms with Crippen LogP contribution in [0.3, 0.4) is 0 Å². The molecule has 0 saturated heterocycles. The molecule has 0 bridgehead atoms. The van der Waals surface area contributed by atoms with Gasteiger partial charge in [0.25, 0.3) is 0 Å². The van der Waals surface area contributed by atoms with Gasteiger partial charge in [-0.1, -0.05) is 13.3 Å². The lowest BCUT2D eigenvalue weighted by Gasteiger charge is -2.36. The molecule has 0 aromatic rings. The monoisotopic (exact) mass is 306 g/mol. The first-order valence-corrected chi connectivity index (χ1v) is 7.27. The van der Waals surface area contributed by atoms with Crippen LogP contribution < -0.4 is 0 Å². The van der Waals surface area contributed by atoms with Gasteiger partial charge in [-0.25, -0.2) is 9.78 Å². The fraction of sp³-hybridized carbons (Fsp3) is 0.933. The lowest BCUT2D eigenvalue weighted by atomic mass is 9.95. The Morgan fingerprint density at radius 1 is 0.905 bits per heavy atom. The van der Waals surface area contributed by atoms with E-state index < -0.39 is 28.9 Å². The predicted octanol–water partition coefficient (Wildman–Crippen LogP) is 3.70. The fourth-order valence-corrected chi connectivity index (χ4v) is 1.44. The molecule has 0 radical (unpaired) electrons. The Labute approximate surface area is 127 Å². The second-order valence-electron chi connectivity index (χ2n) is 7.25. The van der Waals surface area contributed by atoms with Crippen LogP contribution in [-0.2, 0) is 24.3 Å². The average molecular weight is 306 g/mol. The largest absolute Gasteiger partial charge is 0.481 e. The molecule has 0 aliphatic rings. The van der Waals surface area contributed by atoms with Crippen molar-refractivity contribution in [3.8, 4) is 0 Å². The first-order valence-electron chi connectivity index (χ1n) is 7.27. The molecule has 0 rings (SSSR count). The highest BCUT2D eigenvalue weighted by atomic mass is 17.3. The highest BCUT2D eigenvalue weighted by Gasteiger charge is 2.45. The molecule has 0 saturated carbocycles. The minimum atomic E-state index is -1.54. The van der Waals surface area contributed by atoms with E-state index in [-0.39, 0.29) is 0 Å². The first kappa shape index (κ1) is 20.3. The zero-order valence-corrected chi connectivity index (χ0v) is 14.5. The van der Waals surface area contributed by atoms with E-state index >= 15 is 0 Å². The summed E-state index contributed by atoms with van der Waals surface area (Å²) in [5.41, 5.74) is -1.19. The van der Waals surface area contributed by atoms with Crippen molar-refractivity contribution >= 4 is 5.97 Å². The normalized spacial score (nSPS) is 15.0. The van der Waals surface area contributed by atoms with Crippen molar-refractivity contribution in [3.05, 3.63) is 0 Å². The Morgan fingerprint density at radius 2 is 1.29 bits per heavy atom. The Hall–Kier alpha value is -0.690. The van der Waals surface area contributed by atoms with E-state index in [4.69, 9.17) is 19.6 Å². The van der Waals surface area contributed by atoms with Gasteiger partial charge in [-0.05, 0) is 54.9 Å². The predicted molar refractivity (Wildman–Crippen MR) is 78.3 cm³/mol. The standard InChI is InChI=1S/C15H30O6/c1-9-10-11(12(16)17)15(8,20-18-13(2,3)4)21-19-14(5,6)7/h11H,9-10H2,1-8H3,(H,16,17). The summed E-state index contributed by atoms with van der Waals surface area (Å²) in [5, 5.41) is 9.43. The third-order valence-corrected chi connectivity index (χ3v) is 2.42. The number of carbonyl (C=O) groups is 1. The average Bonchev–Trinajstić information content (AvgIpc) is 2.29. The Kier molecular flexibility index (Phi) is 7.29. The third kappa shape index (κ3) is 8.36. The van der Waals surface area contributed by atoms with E-state index in [1.807, 2.05) is 6.92 Å². The molecule has 0 fully saturated rings. The topological polar surface area (TPSA) is 74.2 Å². The van der Waals surface area contributed by atoms with Crippen LogP contribution in [0.4, 0.5) is 0 Å². The number of carboxylic acid groups (broad SMARTS) is 1. The lowest BCUT2D eigenvalue weighted by molar-refractivity contribution is -0.544. The van der Waals surface area contributed by atoms with Crippen LogP contribution >= 0.6 is 0 Å². The van der Waals surface area contributed by atoms with E-state index in [1.165, 1.54) is 6.92 Å². The molecule has 6 nitrogen and oxygen atoms in total. The molecular weight excluding hydrogens is 276 g/mol. The zero-order valence-electron chi connectivity index (χ0n) is 14.5. The van der Waals surface area contributed by atoms with Gasteiger partial charge in [-0.2, -0.15) is 9.78 Å². The van der Waals surface area contributed by atoms with Crippen LogP contribution in [0.5, 0.6) is 0 Å². The van der Waals surface area contributed by atoms with Crippen molar-refractivity contribution < 1.29 is 29.5 Å². The molecule has 0 aromatic heterocycles. The second kappa shape index (κ2) is 7.54. The molecule has 0 aliphatic heterocycles. The first-order chi connectivity index (χ1) is 9.31. The molecule has 0 aliphatic carbocycles. The molecule has 0 spiro atoms. The van der Waals surface area contributed by atoms with Crippen molar-refractivity contribution in [2.45, 2.75) is 85.2 Å². The van der Waals surface area contributed by atoms with Crippen molar-refractivity contribution in [2.24, 2.45) is 5.92 Å². The third-order valence-electron chi connectivity index (χ3n) is 2.42. The van der Waals surface area contributed by atoms with Gasteiger partial charge in [-0.15, -0.1) is 0 Å². The summed E-state index contributed by atoms with van der Waals surface area (Å²) in [6.45, 7) is 14.2. The van der Waals surface area contributed by atoms with Crippen LogP contribution in [-0.4, -0.2) is 28.1 Å². The van der Waals surface area contributed by atoms with Gasteiger partial charge in [0.1, 0.15) is 5.92 Å². The van der Waals surface area contributed by atoms with E-state index in [9.17, 15) is 9.90 Å². The van der Waals surface area contributed by atoms with E-state index in [0.717, 1.165) is 0 Å². The van der Waals surface area contributed by atoms with Crippen LogP contribution in [0.15, 0.2) is 0 Å². The van der Waals surface area contributed by atoms with Gasteiger partial charge in [0.15, 0.2) is 0 Å². The molecule has 1 N–H and O–H groups in total. The van der Waals surface area contributed by atoms with Crippen molar-refractivity contribution in [2.75, 3.05) is 0 Å². The lowest BCUT2D eigenvalue weighted by Crippen LogP contribution is -2.47. The highest BCUT2D eigenvalue weighted by Crippen LogP contribution is 2.31. The Balaban J connectivity index is 5.16. The van der Waals surface area contributed by atoms with E-state index in [2.05, 4.69) is 0 Å². The van der Waals surface area contributed by atoms with Crippen molar-refractivity contribution in [1.82, 2.24) is 0 Å². The highest BCUT2D eigenvalue weighted by molar-refractivity contribution is 5.71. The molecule has 21 heavy (non-hydrogen) atoms. The minimum absolute atomic E-state index is 0.382. The number of rotatable bonds is 8. The Bertz CT molecular complexity index is 308. The van der Waals surface area contributed by atoms with Crippen LogP contribution in [0.1, 0.15) is 68.2 Å². The quantitative estimate of drug-likeness (QED) is 0.419. The number of aliphatic carboxylic acids is 1. The van der Waals surface area contributed by atoms with Gasteiger partial charge in [0, 0.05) is 0 Å². The minimum Gasteiger partial charge on any atom is -0.481 e. The van der Waals surface area contributed by atoms with Gasteiger partial charge >= 0.3 is 5.97 Å². The van der Waals surface area contributed by atoms with Crippen LogP contribution in [0, 0.1) is 5.92 Å². The van der Waals surface area contributed by atoms with Gasteiger partial charge < -0.3 is 5.11 Å². The number of carboxylic acids is 1. The summed E-state index contributed by atoms with van der Waals surface area (Å²) in [5.74, 6) is -3.47. The summed E-state index contributed by atoms with van der Waals surface area (Å²) in [6.07, 6.45) is 1.05. The molecule has 126 valence electrons. The summed E-state index contributed by atoms with van der Waals surface area (Å²) in [4.78, 5) is 32.7. The van der Waals surface area contributed by atoms with Gasteiger partial charge in [0.2, 0.25) is 5.79 Å². The molecule has 1 atom stereocenters. The van der Waals surface area contributed by atoms with E-state index in [0.29, 0.717) is 12.8 Å². The molecule has 1 unspecified atom stereocenters. The molecule has 0 amide bonds. The summed E-state index contributed by atoms with van der Waals surface area (Å²) >= 11 is 0. The summed E-state index contributed by atoms with van der Waals surface area (Å²) in [6, 6.07) is 0. The molecule has 0 aromatic carbocycles. The molecule has 6 heteroatoms. The smallest absolute Gasteiger partial charge is 0.312 e. The van der Waals surface area contributed by atoms with Gasteiger partial charge in [-0.3, -0.25) is 4.79 Å². The maximum Gasteiger partial charge on any atom is 0.312 e. The SMILES string of the molecule is CCCC(C(=O)O)C(C)(OOC(C)(C)C)OOC(C)(C)C. The Morgan fingerprint density at radius 3 is 1.52 bits per heavy atom. The molecule has 0 heterocycles. The fourth-order valence-electron chi connectivity index (χ4n) is 1.44. The number of hydrogen-bond acceptors (Lipinski definition) is 5. The van der Waals surface area contributed by atoms with Gasteiger partial charge in [0.05, 0.1) is 11.2 Å². The second-order valence-corrected chi connectivity index (χ2v) is 7.25. The summed E-state index contributed by atoms with van der Waals surface area (Å²) in [7, 11) is 0. The summed E-state index contributed by atoms with van der Waals surface area (Å²) < 4.78 is 0. The van der Waals surface area contributed by atoms with Crippen LogP contribution in [0.25, 0.3) is 0 Å². The maximum absolute atomic E-state index is 11.5. The van der Waals surface area contributed by atoms with Crippen molar-refractivity contribution in [1.29, 1.82) is 0 Å². The van der Waals surface area contributed by atoms with Crippen molar-refractivity contribution in [3.63, 3.8) is 0 Å². The van der Waals surface area contributed by atoms with Crippen LogP contribution in [0.2, 0.25) is 0 Å².